The van der Waals surface area contributed by atoms with Gasteiger partial charge >= 0.3 is 6.09 Å². The lowest BCUT2D eigenvalue weighted by atomic mass is 9.54. The van der Waals surface area contributed by atoms with Crippen LogP contribution in [0.2, 0.25) is 0 Å². The van der Waals surface area contributed by atoms with Gasteiger partial charge in [0.25, 0.3) is 0 Å². The Morgan fingerprint density at radius 1 is 1.33 bits per heavy atom. The van der Waals surface area contributed by atoms with Crippen LogP contribution in [0, 0.1) is 12.8 Å². The summed E-state index contributed by atoms with van der Waals surface area (Å²) in [6.45, 7) is 6.84. The Hall–Kier alpha value is -1.51. The van der Waals surface area contributed by atoms with Gasteiger partial charge in [0.1, 0.15) is 0 Å². The van der Waals surface area contributed by atoms with Crippen LogP contribution in [-0.4, -0.2) is 30.7 Å². The number of hydrogen-bond donors (Lipinski definition) is 0. The van der Waals surface area contributed by atoms with Crippen LogP contribution in [0.4, 0.5) is 4.79 Å². The first-order valence-electron chi connectivity index (χ1n) is 9.53. The van der Waals surface area contributed by atoms with Crippen molar-refractivity contribution < 1.29 is 9.53 Å². The van der Waals surface area contributed by atoms with Gasteiger partial charge in [-0.25, -0.2) is 4.79 Å². The van der Waals surface area contributed by atoms with Crippen molar-refractivity contribution in [3.63, 3.8) is 0 Å². The van der Waals surface area contributed by atoms with Crippen molar-refractivity contribution in [3.05, 3.63) is 34.9 Å². The highest BCUT2D eigenvalue weighted by Crippen LogP contribution is 2.53. The molecule has 0 aliphatic heterocycles. The van der Waals surface area contributed by atoms with Gasteiger partial charge in [-0.2, -0.15) is 0 Å². The summed E-state index contributed by atoms with van der Waals surface area (Å²) in [7, 11) is 1.93. The summed E-state index contributed by atoms with van der Waals surface area (Å²) in [5.74, 6) is 0.542. The summed E-state index contributed by atoms with van der Waals surface area (Å²) in [6.07, 6.45) is 6.98. The summed E-state index contributed by atoms with van der Waals surface area (Å²) < 4.78 is 5.30. The number of amides is 1. The van der Waals surface area contributed by atoms with Crippen LogP contribution in [-0.2, 0) is 16.6 Å². The molecular formula is C21H31NO2. The molecule has 3 rings (SSSR count). The van der Waals surface area contributed by atoms with E-state index in [2.05, 4.69) is 32.0 Å². The number of benzene rings is 1. The van der Waals surface area contributed by atoms with Crippen molar-refractivity contribution in [2.75, 3.05) is 13.7 Å². The first kappa shape index (κ1) is 17.3. The molecule has 3 heteroatoms. The van der Waals surface area contributed by atoms with E-state index >= 15 is 0 Å². The number of hydrogen-bond acceptors (Lipinski definition) is 2. The fourth-order valence-electron chi connectivity index (χ4n) is 5.26. The SMILES string of the molecule is CCOC(=O)N(C)C1Cc2ccc(C)cc2C2(CC)CCCCC12. The first-order chi connectivity index (χ1) is 11.5. The Morgan fingerprint density at radius 3 is 2.83 bits per heavy atom. The van der Waals surface area contributed by atoms with Crippen molar-refractivity contribution in [1.29, 1.82) is 0 Å². The molecule has 1 aromatic carbocycles. The second kappa shape index (κ2) is 6.78. The predicted molar refractivity (Wildman–Crippen MR) is 97.4 cm³/mol. The molecule has 2 aliphatic carbocycles. The molecule has 1 fully saturated rings. The smallest absolute Gasteiger partial charge is 0.409 e. The van der Waals surface area contributed by atoms with E-state index in [1.807, 2.05) is 18.9 Å². The molecule has 0 N–H and O–H groups in total. The summed E-state index contributed by atoms with van der Waals surface area (Å²) in [4.78, 5) is 14.3. The van der Waals surface area contributed by atoms with Crippen molar-refractivity contribution in [3.8, 4) is 0 Å². The van der Waals surface area contributed by atoms with E-state index in [4.69, 9.17) is 4.74 Å². The molecule has 3 nitrogen and oxygen atoms in total. The number of rotatable bonds is 3. The van der Waals surface area contributed by atoms with Gasteiger partial charge < -0.3 is 9.64 Å². The average molecular weight is 329 g/mol. The van der Waals surface area contributed by atoms with Crippen LogP contribution in [0.15, 0.2) is 18.2 Å². The monoisotopic (exact) mass is 329 g/mol. The molecule has 0 radical (unpaired) electrons. The lowest BCUT2D eigenvalue weighted by molar-refractivity contribution is 0.0422. The van der Waals surface area contributed by atoms with Gasteiger partial charge in [0, 0.05) is 18.5 Å². The third-order valence-corrected chi connectivity index (χ3v) is 6.48. The zero-order valence-electron chi connectivity index (χ0n) is 15.6. The summed E-state index contributed by atoms with van der Waals surface area (Å²) >= 11 is 0. The molecule has 0 saturated heterocycles. The number of fused-ring (bicyclic) bond motifs is 3. The van der Waals surface area contributed by atoms with E-state index < -0.39 is 0 Å². The Balaban J connectivity index is 2.05. The lowest BCUT2D eigenvalue weighted by Gasteiger charge is -2.53. The van der Waals surface area contributed by atoms with Crippen LogP contribution in [0.3, 0.4) is 0 Å². The Bertz CT molecular complexity index is 612. The molecule has 1 aromatic rings. The van der Waals surface area contributed by atoms with Crippen molar-refractivity contribution in [2.45, 2.75) is 70.8 Å². The van der Waals surface area contributed by atoms with E-state index in [-0.39, 0.29) is 17.6 Å². The van der Waals surface area contributed by atoms with Gasteiger partial charge in [-0.1, -0.05) is 43.5 Å². The summed E-state index contributed by atoms with van der Waals surface area (Å²) in [5, 5.41) is 0. The van der Waals surface area contributed by atoms with Gasteiger partial charge in [-0.3, -0.25) is 0 Å². The third kappa shape index (κ3) is 2.72. The third-order valence-electron chi connectivity index (χ3n) is 6.48. The second-order valence-corrected chi connectivity index (χ2v) is 7.60. The highest BCUT2D eigenvalue weighted by atomic mass is 16.6. The zero-order valence-corrected chi connectivity index (χ0v) is 15.6. The molecule has 1 saturated carbocycles. The maximum Gasteiger partial charge on any atom is 0.409 e. The molecule has 24 heavy (non-hydrogen) atoms. The molecule has 1 amide bonds. The van der Waals surface area contributed by atoms with Gasteiger partial charge in [0.15, 0.2) is 0 Å². The number of ether oxygens (including phenoxy) is 1. The van der Waals surface area contributed by atoms with Crippen LogP contribution in [0.25, 0.3) is 0 Å². The van der Waals surface area contributed by atoms with E-state index in [0.717, 1.165) is 12.8 Å². The first-order valence-corrected chi connectivity index (χ1v) is 9.53. The van der Waals surface area contributed by atoms with E-state index in [9.17, 15) is 4.79 Å². The van der Waals surface area contributed by atoms with E-state index in [0.29, 0.717) is 12.5 Å². The summed E-state index contributed by atoms with van der Waals surface area (Å²) in [6, 6.07) is 7.17. The molecule has 0 heterocycles. The second-order valence-electron chi connectivity index (χ2n) is 7.60. The van der Waals surface area contributed by atoms with Crippen molar-refractivity contribution in [2.24, 2.45) is 5.92 Å². The molecule has 3 atom stereocenters. The van der Waals surface area contributed by atoms with E-state index in [1.165, 1.54) is 36.8 Å². The maximum atomic E-state index is 12.4. The number of carbonyl (C=O) groups excluding carboxylic acids is 1. The molecular weight excluding hydrogens is 298 g/mol. The van der Waals surface area contributed by atoms with Crippen molar-refractivity contribution >= 4 is 6.09 Å². The Kier molecular flexibility index (Phi) is 4.89. The normalized spacial score (nSPS) is 28.7. The van der Waals surface area contributed by atoms with Crippen LogP contribution < -0.4 is 0 Å². The lowest BCUT2D eigenvalue weighted by Crippen LogP contribution is -2.55. The highest BCUT2D eigenvalue weighted by Gasteiger charge is 2.50. The van der Waals surface area contributed by atoms with Crippen molar-refractivity contribution in [1.82, 2.24) is 4.90 Å². The Labute approximate surface area is 146 Å². The topological polar surface area (TPSA) is 29.5 Å². The molecule has 3 unspecified atom stereocenters. The van der Waals surface area contributed by atoms with E-state index in [1.54, 1.807) is 5.56 Å². The minimum absolute atomic E-state index is 0.173. The average Bonchev–Trinajstić information content (AvgIpc) is 2.60. The maximum absolute atomic E-state index is 12.4. The van der Waals surface area contributed by atoms with Gasteiger partial charge in [0.2, 0.25) is 0 Å². The van der Waals surface area contributed by atoms with Gasteiger partial charge in [-0.15, -0.1) is 0 Å². The van der Waals surface area contributed by atoms with Crippen LogP contribution in [0.1, 0.15) is 62.6 Å². The van der Waals surface area contributed by atoms with Crippen LogP contribution >= 0.6 is 0 Å². The Morgan fingerprint density at radius 2 is 2.12 bits per heavy atom. The number of nitrogens with zero attached hydrogens (tertiary/aromatic N) is 1. The van der Waals surface area contributed by atoms with Gasteiger partial charge in [-0.05, 0) is 56.6 Å². The fourth-order valence-corrected chi connectivity index (χ4v) is 5.26. The zero-order chi connectivity index (χ0) is 17.3. The quantitative estimate of drug-likeness (QED) is 0.793. The minimum atomic E-state index is -0.173. The standard InChI is InChI=1S/C21H31NO2/c1-5-21-12-8-7-9-17(21)19(22(4)20(23)24-6-2)14-16-11-10-15(3)13-18(16)21/h10-11,13,17,19H,5-9,12,14H2,1-4H3. The molecule has 0 aromatic heterocycles. The number of likely N-dealkylation sites (N-methyl/N-ethyl adjacent to an activating group) is 1. The largest absolute Gasteiger partial charge is 0.450 e. The molecule has 132 valence electrons. The molecule has 0 bridgehead atoms. The van der Waals surface area contributed by atoms with Crippen LogP contribution in [0.5, 0.6) is 0 Å². The number of carbonyl (C=O) groups is 1. The predicted octanol–water partition coefficient (Wildman–Crippen LogP) is 4.85. The highest BCUT2D eigenvalue weighted by molar-refractivity contribution is 5.68. The molecule has 0 spiro atoms. The number of aryl methyl sites for hydroxylation is 1. The summed E-state index contributed by atoms with van der Waals surface area (Å²) in [5.41, 5.74) is 4.57. The molecule has 2 aliphatic rings. The minimum Gasteiger partial charge on any atom is -0.450 e. The van der Waals surface area contributed by atoms with Gasteiger partial charge in [0.05, 0.1) is 6.61 Å². The fraction of sp³-hybridized carbons (Fsp3) is 0.667.